The molecule has 7 nitrogen and oxygen atoms in total. The fourth-order valence-corrected chi connectivity index (χ4v) is 3.75. The summed E-state index contributed by atoms with van der Waals surface area (Å²) in [5.74, 6) is 0.703. The first-order valence-electron chi connectivity index (χ1n) is 9.45. The highest BCUT2D eigenvalue weighted by atomic mass is 35.5. The summed E-state index contributed by atoms with van der Waals surface area (Å²) in [5, 5.41) is 10.4. The molecule has 0 bridgehead atoms. The Morgan fingerprint density at radius 1 is 1.23 bits per heavy atom. The lowest BCUT2D eigenvalue weighted by molar-refractivity contribution is -0.123. The number of hydrogen-bond acceptors (Lipinski definition) is 5. The SMILES string of the molecule is CSCCC(NC(=O)c1ccc(Cl)cc1Cl)C(=O)NCc1ccc(-n2cccn2)nc1. The summed E-state index contributed by atoms with van der Waals surface area (Å²) in [7, 11) is 0. The molecule has 0 aliphatic carbocycles. The maximum atomic E-state index is 12.8. The van der Waals surface area contributed by atoms with Gasteiger partial charge in [-0.15, -0.1) is 0 Å². The van der Waals surface area contributed by atoms with Crippen molar-refractivity contribution in [1.29, 1.82) is 0 Å². The van der Waals surface area contributed by atoms with Gasteiger partial charge in [0.25, 0.3) is 5.91 Å². The Morgan fingerprint density at radius 2 is 2.06 bits per heavy atom. The molecule has 0 saturated heterocycles. The minimum Gasteiger partial charge on any atom is -0.350 e. The first kappa shape index (κ1) is 23.1. The van der Waals surface area contributed by atoms with E-state index in [0.29, 0.717) is 29.6 Å². The van der Waals surface area contributed by atoms with Crippen molar-refractivity contribution in [3.05, 3.63) is 76.2 Å². The Kier molecular flexibility index (Phi) is 8.34. The molecule has 3 aromatic rings. The Hall–Kier alpha value is -2.55. The Labute approximate surface area is 194 Å². The van der Waals surface area contributed by atoms with Crippen LogP contribution in [0.2, 0.25) is 10.0 Å². The molecule has 0 saturated carbocycles. The molecule has 0 radical (unpaired) electrons. The normalized spacial score (nSPS) is 11.7. The quantitative estimate of drug-likeness (QED) is 0.489. The molecule has 3 rings (SSSR count). The lowest BCUT2D eigenvalue weighted by atomic mass is 10.1. The number of benzene rings is 1. The van der Waals surface area contributed by atoms with Gasteiger partial charge < -0.3 is 10.6 Å². The number of rotatable bonds is 9. The topological polar surface area (TPSA) is 88.9 Å². The number of aromatic nitrogens is 3. The van der Waals surface area contributed by atoms with Crippen LogP contribution < -0.4 is 10.6 Å². The van der Waals surface area contributed by atoms with Crippen molar-refractivity contribution in [2.75, 3.05) is 12.0 Å². The number of hydrogen-bond donors (Lipinski definition) is 2. The standard InChI is InChI=1S/C21H21Cl2N5O2S/c1-31-10-7-18(27-20(29)16-5-4-15(22)11-17(16)23)21(30)25-13-14-3-6-19(24-12-14)28-9-2-8-26-28/h2-6,8-9,11-12,18H,7,10,13H2,1H3,(H,25,30)(H,27,29). The van der Waals surface area contributed by atoms with E-state index < -0.39 is 11.9 Å². The second kappa shape index (κ2) is 11.2. The Morgan fingerprint density at radius 3 is 2.71 bits per heavy atom. The van der Waals surface area contributed by atoms with Crippen LogP contribution in [0.3, 0.4) is 0 Å². The third-order valence-corrected chi connectivity index (χ3v) is 5.61. The molecule has 0 spiro atoms. The number of carbonyl (C=O) groups is 2. The van der Waals surface area contributed by atoms with Crippen LogP contribution in [0, 0.1) is 0 Å². The molecule has 0 aliphatic heterocycles. The monoisotopic (exact) mass is 477 g/mol. The fourth-order valence-electron chi connectivity index (χ4n) is 2.79. The number of pyridine rings is 1. The number of amides is 2. The molecule has 2 aromatic heterocycles. The summed E-state index contributed by atoms with van der Waals surface area (Å²) < 4.78 is 1.65. The van der Waals surface area contributed by atoms with E-state index in [9.17, 15) is 9.59 Å². The molecule has 0 aliphatic rings. The van der Waals surface area contributed by atoms with E-state index in [1.807, 2.05) is 24.5 Å². The predicted octanol–water partition coefficient (Wildman–Crippen LogP) is 3.74. The van der Waals surface area contributed by atoms with Gasteiger partial charge in [0.15, 0.2) is 5.82 Å². The zero-order valence-electron chi connectivity index (χ0n) is 16.7. The average Bonchev–Trinajstić information content (AvgIpc) is 3.30. The van der Waals surface area contributed by atoms with Gasteiger partial charge in [0.1, 0.15) is 6.04 Å². The molecule has 2 amide bonds. The first-order valence-corrected chi connectivity index (χ1v) is 11.6. The molecule has 2 heterocycles. The number of halogens is 2. The minimum absolute atomic E-state index is 0.234. The van der Waals surface area contributed by atoms with Gasteiger partial charge in [-0.3, -0.25) is 9.59 Å². The summed E-state index contributed by atoms with van der Waals surface area (Å²) in [6.45, 7) is 0.290. The van der Waals surface area contributed by atoms with Crippen LogP contribution in [0.1, 0.15) is 22.3 Å². The van der Waals surface area contributed by atoms with Crippen molar-refractivity contribution >= 4 is 46.8 Å². The maximum Gasteiger partial charge on any atom is 0.253 e. The summed E-state index contributed by atoms with van der Waals surface area (Å²) in [5.41, 5.74) is 1.10. The van der Waals surface area contributed by atoms with Gasteiger partial charge in [0.05, 0.1) is 10.6 Å². The van der Waals surface area contributed by atoms with Gasteiger partial charge in [0.2, 0.25) is 5.91 Å². The van der Waals surface area contributed by atoms with Crippen molar-refractivity contribution < 1.29 is 9.59 Å². The van der Waals surface area contributed by atoms with E-state index in [1.54, 1.807) is 41.1 Å². The van der Waals surface area contributed by atoms with E-state index in [1.165, 1.54) is 12.1 Å². The van der Waals surface area contributed by atoms with Crippen molar-refractivity contribution in [1.82, 2.24) is 25.4 Å². The van der Waals surface area contributed by atoms with E-state index in [0.717, 1.165) is 5.56 Å². The molecule has 10 heteroatoms. The lowest BCUT2D eigenvalue weighted by Crippen LogP contribution is -2.47. The van der Waals surface area contributed by atoms with Gasteiger partial charge in [0, 0.05) is 30.2 Å². The highest BCUT2D eigenvalue weighted by Crippen LogP contribution is 2.21. The summed E-state index contributed by atoms with van der Waals surface area (Å²) in [6, 6.07) is 9.43. The number of nitrogens with zero attached hydrogens (tertiary/aromatic N) is 3. The molecule has 162 valence electrons. The van der Waals surface area contributed by atoms with Gasteiger partial charge in [-0.1, -0.05) is 29.3 Å². The zero-order valence-corrected chi connectivity index (χ0v) is 19.0. The zero-order chi connectivity index (χ0) is 22.2. The predicted molar refractivity (Wildman–Crippen MR) is 124 cm³/mol. The van der Waals surface area contributed by atoms with Gasteiger partial charge in [-0.2, -0.15) is 16.9 Å². The van der Waals surface area contributed by atoms with E-state index >= 15 is 0 Å². The minimum atomic E-state index is -0.692. The van der Waals surface area contributed by atoms with Crippen LogP contribution in [0.5, 0.6) is 0 Å². The first-order chi connectivity index (χ1) is 15.0. The summed E-state index contributed by atoms with van der Waals surface area (Å²) >= 11 is 13.6. The third-order valence-electron chi connectivity index (χ3n) is 4.42. The number of nitrogens with one attached hydrogen (secondary N) is 2. The number of carbonyl (C=O) groups excluding carboxylic acids is 2. The maximum absolute atomic E-state index is 12.8. The smallest absolute Gasteiger partial charge is 0.253 e. The average molecular weight is 478 g/mol. The van der Waals surface area contributed by atoms with Gasteiger partial charge in [-0.25, -0.2) is 9.67 Å². The Bertz CT molecular complexity index is 1030. The second-order valence-corrected chi connectivity index (χ2v) is 8.45. The summed E-state index contributed by atoms with van der Waals surface area (Å²) in [4.78, 5) is 29.7. The third kappa shape index (κ3) is 6.46. The molecule has 1 atom stereocenters. The molecule has 31 heavy (non-hydrogen) atoms. The van der Waals surface area contributed by atoms with Crippen LogP contribution in [-0.2, 0) is 11.3 Å². The van der Waals surface area contributed by atoms with Crippen molar-refractivity contribution in [3.8, 4) is 5.82 Å². The Balaban J connectivity index is 1.62. The van der Waals surface area contributed by atoms with Crippen LogP contribution >= 0.6 is 35.0 Å². The van der Waals surface area contributed by atoms with Crippen LogP contribution in [0.25, 0.3) is 5.82 Å². The van der Waals surface area contributed by atoms with Crippen molar-refractivity contribution in [2.45, 2.75) is 19.0 Å². The highest BCUT2D eigenvalue weighted by molar-refractivity contribution is 7.98. The van der Waals surface area contributed by atoms with E-state index in [-0.39, 0.29) is 16.5 Å². The molecule has 2 N–H and O–H groups in total. The number of thioether (sulfide) groups is 1. The second-order valence-electron chi connectivity index (χ2n) is 6.62. The molecular formula is C21H21Cl2N5O2S. The molecule has 1 unspecified atom stereocenters. The van der Waals surface area contributed by atoms with Gasteiger partial charge in [-0.05, 0) is 54.3 Å². The summed E-state index contributed by atoms with van der Waals surface area (Å²) in [6.07, 6.45) is 7.59. The molecule has 1 aromatic carbocycles. The van der Waals surface area contributed by atoms with Crippen LogP contribution in [-0.4, -0.2) is 44.6 Å². The van der Waals surface area contributed by atoms with Crippen molar-refractivity contribution in [2.24, 2.45) is 0 Å². The van der Waals surface area contributed by atoms with Crippen LogP contribution in [0.15, 0.2) is 55.0 Å². The van der Waals surface area contributed by atoms with Crippen LogP contribution in [0.4, 0.5) is 0 Å². The molecular weight excluding hydrogens is 457 g/mol. The molecule has 0 fully saturated rings. The van der Waals surface area contributed by atoms with E-state index in [4.69, 9.17) is 23.2 Å². The largest absolute Gasteiger partial charge is 0.350 e. The fraction of sp³-hybridized carbons (Fsp3) is 0.238. The van der Waals surface area contributed by atoms with E-state index in [2.05, 4.69) is 20.7 Å². The van der Waals surface area contributed by atoms with Gasteiger partial charge >= 0.3 is 0 Å². The highest BCUT2D eigenvalue weighted by Gasteiger charge is 2.22. The lowest BCUT2D eigenvalue weighted by Gasteiger charge is -2.18. The van der Waals surface area contributed by atoms with Crippen molar-refractivity contribution in [3.63, 3.8) is 0 Å².